The molecular weight excluding hydrogens is 340 g/mol. The van der Waals surface area contributed by atoms with E-state index in [-0.39, 0.29) is 6.10 Å². The minimum atomic E-state index is 0.250. The molecule has 6 nitrogen and oxygen atoms in total. The van der Waals surface area contributed by atoms with E-state index in [2.05, 4.69) is 20.0 Å². The van der Waals surface area contributed by atoms with Crippen molar-refractivity contribution in [3.05, 3.63) is 24.2 Å². The van der Waals surface area contributed by atoms with Crippen molar-refractivity contribution in [3.8, 4) is 17.3 Å². The fourth-order valence-electron chi connectivity index (χ4n) is 4.09. The van der Waals surface area contributed by atoms with E-state index in [0.29, 0.717) is 17.6 Å². The third-order valence-corrected chi connectivity index (χ3v) is 5.62. The van der Waals surface area contributed by atoms with E-state index in [1.165, 1.54) is 51.4 Å². The van der Waals surface area contributed by atoms with Gasteiger partial charge in [-0.2, -0.15) is 4.98 Å². The Balaban J connectivity index is 1.44. The highest BCUT2D eigenvalue weighted by Crippen LogP contribution is 2.29. The Morgan fingerprint density at radius 1 is 1.00 bits per heavy atom. The standard InChI is InChI=1S/C21H30N4O2/c1-2-7-14-25(15-8-3-1)16-19-23-20(24-27-19)18-12-9-13-22-21(18)26-17-10-5-4-6-11-17/h9,12-13,17H,1-8,10-11,14-16H2. The van der Waals surface area contributed by atoms with Crippen molar-refractivity contribution in [1.29, 1.82) is 0 Å². The summed E-state index contributed by atoms with van der Waals surface area (Å²) in [5, 5.41) is 4.21. The molecule has 0 aromatic carbocycles. The molecule has 2 aromatic rings. The van der Waals surface area contributed by atoms with Crippen LogP contribution in [0.4, 0.5) is 0 Å². The van der Waals surface area contributed by atoms with E-state index in [4.69, 9.17) is 9.26 Å². The number of pyridine rings is 1. The van der Waals surface area contributed by atoms with Gasteiger partial charge in [0.15, 0.2) is 0 Å². The molecule has 1 saturated heterocycles. The lowest BCUT2D eigenvalue weighted by Gasteiger charge is -2.23. The van der Waals surface area contributed by atoms with Crippen molar-refractivity contribution in [2.45, 2.75) is 76.9 Å². The first kappa shape index (κ1) is 18.4. The predicted molar refractivity (Wildman–Crippen MR) is 103 cm³/mol. The minimum absolute atomic E-state index is 0.250. The molecule has 0 atom stereocenters. The molecule has 0 bridgehead atoms. The van der Waals surface area contributed by atoms with Gasteiger partial charge in [0.05, 0.1) is 12.1 Å². The van der Waals surface area contributed by atoms with Crippen LogP contribution in [0.3, 0.4) is 0 Å². The van der Waals surface area contributed by atoms with Crippen LogP contribution in [-0.2, 0) is 6.54 Å². The van der Waals surface area contributed by atoms with Crippen LogP contribution in [0.2, 0.25) is 0 Å². The first-order valence-electron chi connectivity index (χ1n) is 10.6. The van der Waals surface area contributed by atoms with Crippen LogP contribution in [0.5, 0.6) is 5.88 Å². The molecule has 1 aliphatic heterocycles. The first-order valence-corrected chi connectivity index (χ1v) is 10.6. The molecule has 3 heterocycles. The maximum atomic E-state index is 6.19. The van der Waals surface area contributed by atoms with Gasteiger partial charge in [-0.05, 0) is 63.7 Å². The van der Waals surface area contributed by atoms with Crippen LogP contribution >= 0.6 is 0 Å². The smallest absolute Gasteiger partial charge is 0.241 e. The largest absolute Gasteiger partial charge is 0.474 e. The van der Waals surface area contributed by atoms with Gasteiger partial charge >= 0.3 is 0 Å². The number of hydrogen-bond donors (Lipinski definition) is 0. The SMILES string of the molecule is c1cnc(OC2CCCCC2)c(-c2noc(CN3CCCCCCC3)n2)c1. The molecule has 0 N–H and O–H groups in total. The number of nitrogens with zero attached hydrogens (tertiary/aromatic N) is 4. The van der Waals surface area contributed by atoms with Gasteiger partial charge in [0.1, 0.15) is 6.10 Å². The molecule has 4 rings (SSSR count). The zero-order valence-electron chi connectivity index (χ0n) is 16.1. The lowest BCUT2D eigenvalue weighted by Crippen LogP contribution is -2.27. The molecule has 1 saturated carbocycles. The second-order valence-corrected chi connectivity index (χ2v) is 7.79. The Hall–Kier alpha value is -1.95. The molecule has 27 heavy (non-hydrogen) atoms. The summed E-state index contributed by atoms with van der Waals surface area (Å²) in [7, 11) is 0. The summed E-state index contributed by atoms with van der Waals surface area (Å²) in [5.41, 5.74) is 0.825. The summed E-state index contributed by atoms with van der Waals surface area (Å²) in [5.74, 6) is 1.89. The van der Waals surface area contributed by atoms with Crippen molar-refractivity contribution < 1.29 is 9.26 Å². The van der Waals surface area contributed by atoms with E-state index in [1.807, 2.05) is 12.1 Å². The Bertz CT molecular complexity index is 704. The summed E-state index contributed by atoms with van der Waals surface area (Å²) in [6, 6.07) is 3.87. The average molecular weight is 370 g/mol. The van der Waals surface area contributed by atoms with Gasteiger partial charge in [0, 0.05) is 6.20 Å². The van der Waals surface area contributed by atoms with Crippen molar-refractivity contribution in [1.82, 2.24) is 20.0 Å². The minimum Gasteiger partial charge on any atom is -0.474 e. The fraction of sp³-hybridized carbons (Fsp3) is 0.667. The Morgan fingerprint density at radius 2 is 1.74 bits per heavy atom. The molecule has 0 amide bonds. The van der Waals surface area contributed by atoms with E-state index in [0.717, 1.165) is 38.0 Å². The lowest BCUT2D eigenvalue weighted by atomic mass is 9.98. The third kappa shape index (κ3) is 5.06. The number of hydrogen-bond acceptors (Lipinski definition) is 6. The summed E-state index contributed by atoms with van der Waals surface area (Å²) < 4.78 is 11.7. The number of likely N-dealkylation sites (tertiary alicyclic amines) is 1. The molecule has 6 heteroatoms. The van der Waals surface area contributed by atoms with Crippen LogP contribution in [0.15, 0.2) is 22.9 Å². The molecule has 2 fully saturated rings. The summed E-state index contributed by atoms with van der Waals surface area (Å²) >= 11 is 0. The Labute approximate surface area is 161 Å². The molecule has 2 aliphatic rings. The first-order chi connectivity index (χ1) is 13.4. The van der Waals surface area contributed by atoms with Crippen molar-refractivity contribution in [3.63, 3.8) is 0 Å². The van der Waals surface area contributed by atoms with E-state index in [9.17, 15) is 0 Å². The van der Waals surface area contributed by atoms with Gasteiger partial charge in [0.25, 0.3) is 0 Å². The maximum Gasteiger partial charge on any atom is 0.241 e. The number of ether oxygens (including phenoxy) is 1. The summed E-state index contributed by atoms with van der Waals surface area (Å²) in [6.45, 7) is 2.95. The summed E-state index contributed by atoms with van der Waals surface area (Å²) in [6.07, 6.45) is 14.5. The fourth-order valence-corrected chi connectivity index (χ4v) is 4.09. The molecule has 2 aromatic heterocycles. The molecule has 0 unspecified atom stereocenters. The highest BCUT2D eigenvalue weighted by molar-refractivity contribution is 5.60. The monoisotopic (exact) mass is 370 g/mol. The van der Waals surface area contributed by atoms with Gasteiger partial charge in [0.2, 0.25) is 17.6 Å². The molecule has 0 spiro atoms. The van der Waals surface area contributed by atoms with Gasteiger partial charge < -0.3 is 9.26 Å². The number of aromatic nitrogens is 3. The van der Waals surface area contributed by atoms with Gasteiger partial charge in [-0.25, -0.2) is 4.98 Å². The van der Waals surface area contributed by atoms with Gasteiger partial charge in [-0.15, -0.1) is 0 Å². The Morgan fingerprint density at radius 3 is 2.56 bits per heavy atom. The Kier molecular flexibility index (Phi) is 6.35. The zero-order valence-corrected chi connectivity index (χ0v) is 16.1. The van der Waals surface area contributed by atoms with Crippen molar-refractivity contribution in [2.75, 3.05) is 13.1 Å². The average Bonchev–Trinajstić information content (AvgIpc) is 3.13. The van der Waals surface area contributed by atoms with Crippen LogP contribution in [0.25, 0.3) is 11.4 Å². The van der Waals surface area contributed by atoms with E-state index in [1.54, 1.807) is 6.20 Å². The van der Waals surface area contributed by atoms with Crippen LogP contribution in [0.1, 0.15) is 70.1 Å². The van der Waals surface area contributed by atoms with E-state index >= 15 is 0 Å². The van der Waals surface area contributed by atoms with Gasteiger partial charge in [-0.1, -0.05) is 30.8 Å². The van der Waals surface area contributed by atoms with Gasteiger partial charge in [-0.3, -0.25) is 4.90 Å². The molecule has 1 aliphatic carbocycles. The highest BCUT2D eigenvalue weighted by atomic mass is 16.5. The molecular formula is C21H30N4O2. The van der Waals surface area contributed by atoms with Crippen molar-refractivity contribution in [2.24, 2.45) is 0 Å². The quantitative estimate of drug-likeness (QED) is 0.766. The van der Waals surface area contributed by atoms with E-state index < -0.39 is 0 Å². The molecule has 0 radical (unpaired) electrons. The number of rotatable bonds is 5. The lowest BCUT2D eigenvalue weighted by molar-refractivity contribution is 0.149. The van der Waals surface area contributed by atoms with Crippen molar-refractivity contribution >= 4 is 0 Å². The second-order valence-electron chi connectivity index (χ2n) is 7.79. The highest BCUT2D eigenvalue weighted by Gasteiger charge is 2.21. The van der Waals surface area contributed by atoms with Crippen LogP contribution < -0.4 is 4.74 Å². The van der Waals surface area contributed by atoms with Crippen LogP contribution in [-0.4, -0.2) is 39.2 Å². The topological polar surface area (TPSA) is 64.3 Å². The zero-order chi connectivity index (χ0) is 18.3. The maximum absolute atomic E-state index is 6.19. The predicted octanol–water partition coefficient (Wildman–Crippen LogP) is 4.61. The molecule has 146 valence electrons. The third-order valence-electron chi connectivity index (χ3n) is 5.62. The van der Waals surface area contributed by atoms with Crippen LogP contribution in [0, 0.1) is 0 Å². The summed E-state index contributed by atoms with van der Waals surface area (Å²) in [4.78, 5) is 11.5. The second kappa shape index (κ2) is 9.31. The normalized spacial score (nSPS) is 20.1.